The molecule has 0 bridgehead atoms. The van der Waals surface area contributed by atoms with Gasteiger partial charge in [0.2, 0.25) is 5.88 Å². The van der Waals surface area contributed by atoms with Gasteiger partial charge in [-0.05, 0) is 60.7 Å². The number of pyridine rings is 1. The first-order valence-corrected chi connectivity index (χ1v) is 11.2. The summed E-state index contributed by atoms with van der Waals surface area (Å²) in [6.45, 7) is 6.71. The zero-order valence-electron chi connectivity index (χ0n) is 19.8. The molecule has 2 heterocycles. The monoisotopic (exact) mass is 477 g/mol. The van der Waals surface area contributed by atoms with Crippen LogP contribution in [-0.4, -0.2) is 33.0 Å². The number of aryl methyl sites for hydroxylation is 2. The normalized spacial score (nSPS) is 11.0. The van der Waals surface area contributed by atoms with E-state index in [4.69, 9.17) is 19.1 Å². The molecule has 182 valence electrons. The van der Waals surface area contributed by atoms with Gasteiger partial charge in [-0.25, -0.2) is 19.6 Å². The molecule has 0 fully saturated rings. The predicted molar refractivity (Wildman–Crippen MR) is 130 cm³/mol. The molecule has 0 radical (unpaired) electrons. The van der Waals surface area contributed by atoms with Crippen molar-refractivity contribution in [2.24, 2.45) is 0 Å². The van der Waals surface area contributed by atoms with Crippen LogP contribution in [0.3, 0.4) is 0 Å². The van der Waals surface area contributed by atoms with E-state index in [0.717, 1.165) is 43.8 Å². The van der Waals surface area contributed by atoms with Crippen molar-refractivity contribution in [3.05, 3.63) is 97.5 Å². The molecule has 0 aliphatic carbocycles. The fraction of sp³-hybridized carbons (Fsp3) is 0.269. The molecule has 0 saturated heterocycles. The molecule has 0 saturated carbocycles. The Morgan fingerprint density at radius 1 is 1.06 bits per heavy atom. The number of aromatic amines is 1. The van der Waals surface area contributed by atoms with Gasteiger partial charge in [-0.15, -0.1) is 4.74 Å². The quantitative estimate of drug-likeness (QED) is 0.380. The summed E-state index contributed by atoms with van der Waals surface area (Å²) < 4.78 is 17.3. The van der Waals surface area contributed by atoms with Gasteiger partial charge in [0.1, 0.15) is 19.0 Å². The van der Waals surface area contributed by atoms with Crippen molar-refractivity contribution in [3.8, 4) is 22.8 Å². The first-order valence-electron chi connectivity index (χ1n) is 11.2. The molecule has 0 aliphatic rings. The smallest absolute Gasteiger partial charge is 0.440 e. The van der Waals surface area contributed by atoms with Crippen LogP contribution in [0.1, 0.15) is 27.9 Å². The number of nitrogens with zero attached hydrogens (tertiary/aromatic N) is 2. The van der Waals surface area contributed by atoms with Gasteiger partial charge < -0.3 is 19.1 Å². The standard InChI is InChI=1S/C26H27N3O6/c1-16-13-23(33-12-11-30)27-18(3)24(16)22-6-4-5-20(17(22)2)15-34-21-9-7-19(8-10-21)14-29-25(31)28-26(32)35-29/h4-10,13,30H,11-12,14-15H2,1-3H3,(H,28,31,32). The molecule has 9 nitrogen and oxygen atoms in total. The van der Waals surface area contributed by atoms with E-state index in [1.165, 1.54) is 0 Å². The van der Waals surface area contributed by atoms with Crippen molar-refractivity contribution in [1.82, 2.24) is 14.7 Å². The van der Waals surface area contributed by atoms with Gasteiger partial charge in [-0.3, -0.25) is 0 Å². The van der Waals surface area contributed by atoms with E-state index in [1.807, 2.05) is 56.3 Å². The Labute approximate surface area is 201 Å². The minimum atomic E-state index is -0.778. The van der Waals surface area contributed by atoms with E-state index in [1.54, 1.807) is 0 Å². The molecule has 0 unspecified atom stereocenters. The summed E-state index contributed by atoms with van der Waals surface area (Å²) in [6, 6.07) is 15.2. The number of nitrogens with one attached hydrogen (secondary N) is 1. The van der Waals surface area contributed by atoms with Crippen LogP contribution >= 0.6 is 0 Å². The van der Waals surface area contributed by atoms with Crippen LogP contribution in [0.25, 0.3) is 11.1 Å². The molecule has 0 aliphatic heterocycles. The Bertz CT molecular complexity index is 1410. The van der Waals surface area contributed by atoms with Gasteiger partial charge in [0.15, 0.2) is 0 Å². The summed E-state index contributed by atoms with van der Waals surface area (Å²) >= 11 is 0. The zero-order valence-corrected chi connectivity index (χ0v) is 19.8. The highest BCUT2D eigenvalue weighted by molar-refractivity contribution is 5.73. The Morgan fingerprint density at radius 3 is 2.49 bits per heavy atom. The van der Waals surface area contributed by atoms with E-state index in [0.29, 0.717) is 18.2 Å². The lowest BCUT2D eigenvalue weighted by molar-refractivity contribution is 0.196. The highest BCUT2D eigenvalue weighted by Crippen LogP contribution is 2.32. The van der Waals surface area contributed by atoms with Gasteiger partial charge >= 0.3 is 11.4 Å². The maximum absolute atomic E-state index is 11.6. The largest absolute Gasteiger partial charge is 0.489 e. The van der Waals surface area contributed by atoms with Crippen molar-refractivity contribution < 1.29 is 19.1 Å². The first-order chi connectivity index (χ1) is 16.9. The first kappa shape index (κ1) is 24.0. The lowest BCUT2D eigenvalue weighted by atomic mass is 9.93. The molecule has 4 aromatic rings. The van der Waals surface area contributed by atoms with E-state index < -0.39 is 11.4 Å². The van der Waals surface area contributed by atoms with Crippen molar-refractivity contribution in [1.29, 1.82) is 0 Å². The second kappa shape index (κ2) is 10.4. The molecule has 35 heavy (non-hydrogen) atoms. The molecular formula is C26H27N3O6. The average molecular weight is 478 g/mol. The fourth-order valence-electron chi connectivity index (χ4n) is 3.97. The second-order valence-electron chi connectivity index (χ2n) is 8.18. The van der Waals surface area contributed by atoms with Crippen LogP contribution in [0.2, 0.25) is 0 Å². The maximum atomic E-state index is 11.6. The maximum Gasteiger partial charge on any atom is 0.440 e. The van der Waals surface area contributed by atoms with Crippen molar-refractivity contribution in [2.45, 2.75) is 33.9 Å². The lowest BCUT2D eigenvalue weighted by Crippen LogP contribution is -2.17. The van der Waals surface area contributed by atoms with Crippen molar-refractivity contribution in [3.63, 3.8) is 0 Å². The van der Waals surface area contributed by atoms with Crippen LogP contribution in [0, 0.1) is 20.8 Å². The Morgan fingerprint density at radius 2 is 1.83 bits per heavy atom. The van der Waals surface area contributed by atoms with Gasteiger partial charge in [-0.1, -0.05) is 30.3 Å². The topological polar surface area (TPSA) is 120 Å². The lowest BCUT2D eigenvalue weighted by Gasteiger charge is -2.17. The summed E-state index contributed by atoms with van der Waals surface area (Å²) in [7, 11) is 0. The van der Waals surface area contributed by atoms with Crippen molar-refractivity contribution >= 4 is 0 Å². The number of aromatic nitrogens is 3. The van der Waals surface area contributed by atoms with E-state index >= 15 is 0 Å². The van der Waals surface area contributed by atoms with Crippen LogP contribution in [0.4, 0.5) is 0 Å². The molecule has 2 aromatic carbocycles. The Kier molecular flexibility index (Phi) is 7.17. The average Bonchev–Trinajstić information content (AvgIpc) is 3.14. The van der Waals surface area contributed by atoms with Crippen LogP contribution < -0.4 is 20.9 Å². The number of H-pyrrole nitrogens is 1. The number of benzene rings is 2. The van der Waals surface area contributed by atoms with E-state index in [2.05, 4.69) is 23.0 Å². The predicted octanol–water partition coefficient (Wildman–Crippen LogP) is 3.12. The van der Waals surface area contributed by atoms with Crippen molar-refractivity contribution in [2.75, 3.05) is 13.2 Å². The summed E-state index contributed by atoms with van der Waals surface area (Å²) in [5, 5.41) is 8.99. The molecule has 4 rings (SSSR count). The molecular weight excluding hydrogens is 450 g/mol. The minimum Gasteiger partial charge on any atom is -0.489 e. The van der Waals surface area contributed by atoms with Gasteiger partial charge in [0.25, 0.3) is 0 Å². The van der Waals surface area contributed by atoms with Crippen LogP contribution in [0.5, 0.6) is 11.6 Å². The van der Waals surface area contributed by atoms with Gasteiger partial charge in [0, 0.05) is 17.3 Å². The number of rotatable bonds is 9. The molecule has 0 atom stereocenters. The number of aliphatic hydroxyl groups is 1. The third-order valence-corrected chi connectivity index (χ3v) is 5.70. The van der Waals surface area contributed by atoms with Crippen LogP contribution in [-0.2, 0) is 13.2 Å². The molecule has 2 aromatic heterocycles. The third kappa shape index (κ3) is 5.52. The fourth-order valence-corrected chi connectivity index (χ4v) is 3.97. The minimum absolute atomic E-state index is 0.0591. The van der Waals surface area contributed by atoms with E-state index in [-0.39, 0.29) is 19.8 Å². The van der Waals surface area contributed by atoms with Gasteiger partial charge in [0.05, 0.1) is 13.2 Å². The summed E-state index contributed by atoms with van der Waals surface area (Å²) in [5.41, 5.74) is 6.39. The molecule has 0 amide bonds. The SMILES string of the molecule is Cc1cc(OCCO)nc(C)c1-c1cccc(COc2ccc(Cn3oc(=O)[nH]c3=O)cc2)c1C. The third-order valence-electron chi connectivity index (χ3n) is 5.70. The zero-order chi connectivity index (χ0) is 24.9. The van der Waals surface area contributed by atoms with E-state index in [9.17, 15) is 9.59 Å². The summed E-state index contributed by atoms with van der Waals surface area (Å²) in [4.78, 5) is 29.3. The van der Waals surface area contributed by atoms with Gasteiger partial charge in [-0.2, -0.15) is 0 Å². The second-order valence-corrected chi connectivity index (χ2v) is 8.18. The number of hydrogen-bond acceptors (Lipinski definition) is 7. The van der Waals surface area contributed by atoms with Crippen LogP contribution in [0.15, 0.2) is 62.6 Å². The Balaban J connectivity index is 1.48. The highest BCUT2D eigenvalue weighted by Gasteiger charge is 2.14. The highest BCUT2D eigenvalue weighted by atomic mass is 16.5. The number of aliphatic hydroxyl groups excluding tert-OH is 1. The summed E-state index contributed by atoms with van der Waals surface area (Å²) in [5.74, 6) is 0.405. The Hall–Kier alpha value is -4.11. The number of ether oxygens (including phenoxy) is 2. The number of hydrogen-bond donors (Lipinski definition) is 2. The molecule has 0 spiro atoms. The molecule has 2 N–H and O–H groups in total. The summed E-state index contributed by atoms with van der Waals surface area (Å²) in [6.07, 6.45) is 0. The molecule has 9 heteroatoms.